The van der Waals surface area contributed by atoms with Crippen LogP contribution in [0.15, 0.2) is 10.6 Å². The molecule has 1 atom stereocenters. The summed E-state index contributed by atoms with van der Waals surface area (Å²) in [5.74, 6) is 0.822. The van der Waals surface area contributed by atoms with Gasteiger partial charge in [-0.2, -0.15) is 0 Å². The maximum atomic E-state index is 11.7. The highest BCUT2D eigenvalue weighted by molar-refractivity contribution is 6.21. The van der Waals surface area contributed by atoms with Crippen molar-refractivity contribution >= 4 is 17.5 Å². The Kier molecular flexibility index (Phi) is 4.02. The Bertz CT molecular complexity index is 390. The fourth-order valence-electron chi connectivity index (χ4n) is 1.54. The smallest absolute Gasteiger partial charge is 0.273 e. The number of methoxy groups -OCH3 is 1. The van der Waals surface area contributed by atoms with Crippen LogP contribution in [0.1, 0.15) is 29.1 Å². The molecule has 1 aromatic rings. The zero-order chi connectivity index (χ0) is 12.3. The second-order valence-corrected chi connectivity index (χ2v) is 4.74. The third-order valence-corrected chi connectivity index (χ3v) is 3.18. The highest BCUT2D eigenvalue weighted by atomic mass is 35.5. The van der Waals surface area contributed by atoms with Gasteiger partial charge >= 0.3 is 0 Å². The van der Waals surface area contributed by atoms with Crippen LogP contribution in [0.5, 0.6) is 0 Å². The van der Waals surface area contributed by atoms with Crippen LogP contribution in [0, 0.1) is 5.92 Å². The van der Waals surface area contributed by atoms with Crippen molar-refractivity contribution in [3.8, 4) is 0 Å². The van der Waals surface area contributed by atoms with Gasteiger partial charge in [0, 0.05) is 19.7 Å². The number of carbonyl (C=O) groups excluding carboxylic acids is 1. The lowest BCUT2D eigenvalue weighted by molar-refractivity contribution is 0.0943. The first-order chi connectivity index (χ1) is 8.20. The van der Waals surface area contributed by atoms with Crippen molar-refractivity contribution in [2.75, 3.05) is 13.7 Å². The van der Waals surface area contributed by atoms with Gasteiger partial charge in [0.05, 0.1) is 5.38 Å². The van der Waals surface area contributed by atoms with Gasteiger partial charge in [0.15, 0.2) is 11.5 Å². The van der Waals surface area contributed by atoms with Gasteiger partial charge in [0.2, 0.25) is 0 Å². The monoisotopic (exact) mass is 258 g/mol. The van der Waals surface area contributed by atoms with Gasteiger partial charge in [0.25, 0.3) is 5.91 Å². The molecule has 0 aromatic carbocycles. The van der Waals surface area contributed by atoms with E-state index in [2.05, 4.69) is 10.5 Å². The van der Waals surface area contributed by atoms with E-state index in [1.807, 2.05) is 0 Å². The SMILES string of the molecule is COCc1cc(C(=O)NCC(Cl)C2CC2)no1. The highest BCUT2D eigenvalue weighted by Crippen LogP contribution is 2.35. The molecule has 0 bridgehead atoms. The van der Waals surface area contributed by atoms with Crippen molar-refractivity contribution in [1.82, 2.24) is 10.5 Å². The molecular weight excluding hydrogens is 244 g/mol. The Morgan fingerprint density at radius 1 is 1.76 bits per heavy atom. The van der Waals surface area contributed by atoms with Gasteiger partial charge in [-0.25, -0.2) is 0 Å². The number of ether oxygens (including phenoxy) is 1. The molecule has 1 aliphatic carbocycles. The second-order valence-electron chi connectivity index (χ2n) is 4.17. The normalized spacial score (nSPS) is 16.8. The van der Waals surface area contributed by atoms with Crippen molar-refractivity contribution in [3.05, 3.63) is 17.5 Å². The number of halogens is 1. The third-order valence-electron chi connectivity index (χ3n) is 2.67. The first-order valence-electron chi connectivity index (χ1n) is 5.57. The minimum Gasteiger partial charge on any atom is -0.377 e. The van der Waals surface area contributed by atoms with E-state index in [1.54, 1.807) is 13.2 Å². The van der Waals surface area contributed by atoms with Crippen LogP contribution in [0.25, 0.3) is 0 Å². The highest BCUT2D eigenvalue weighted by Gasteiger charge is 2.29. The van der Waals surface area contributed by atoms with Gasteiger partial charge in [-0.05, 0) is 18.8 Å². The van der Waals surface area contributed by atoms with Crippen LogP contribution in [0.2, 0.25) is 0 Å². The molecule has 1 aromatic heterocycles. The average molecular weight is 259 g/mol. The Morgan fingerprint density at radius 3 is 3.18 bits per heavy atom. The van der Waals surface area contributed by atoms with E-state index in [-0.39, 0.29) is 17.0 Å². The lowest BCUT2D eigenvalue weighted by atomic mass is 10.3. The molecule has 1 N–H and O–H groups in total. The third kappa shape index (κ3) is 3.44. The predicted molar refractivity (Wildman–Crippen MR) is 61.9 cm³/mol. The number of carbonyl (C=O) groups is 1. The van der Waals surface area contributed by atoms with E-state index < -0.39 is 0 Å². The summed E-state index contributed by atoms with van der Waals surface area (Å²) in [5.41, 5.74) is 0.261. The number of rotatable bonds is 6. The maximum absolute atomic E-state index is 11.7. The molecule has 5 nitrogen and oxygen atoms in total. The van der Waals surface area contributed by atoms with Crippen LogP contribution >= 0.6 is 11.6 Å². The molecule has 1 unspecified atom stereocenters. The molecule has 1 aliphatic rings. The quantitative estimate of drug-likeness (QED) is 0.787. The number of hydrogen-bond acceptors (Lipinski definition) is 4. The van der Waals surface area contributed by atoms with E-state index in [4.69, 9.17) is 20.9 Å². The standard InChI is InChI=1S/C11H15ClN2O3/c1-16-6-8-4-10(14-17-8)11(15)13-5-9(12)7-2-3-7/h4,7,9H,2-3,5-6H2,1H3,(H,13,15). The molecular formula is C11H15ClN2O3. The van der Waals surface area contributed by atoms with E-state index in [1.165, 1.54) is 0 Å². The summed E-state index contributed by atoms with van der Waals surface area (Å²) in [6.07, 6.45) is 2.32. The van der Waals surface area contributed by atoms with Crippen molar-refractivity contribution in [3.63, 3.8) is 0 Å². The predicted octanol–water partition coefficient (Wildman–Crippen LogP) is 1.57. The number of amides is 1. The van der Waals surface area contributed by atoms with Crippen molar-refractivity contribution in [1.29, 1.82) is 0 Å². The van der Waals surface area contributed by atoms with Gasteiger partial charge in [-0.15, -0.1) is 11.6 Å². The van der Waals surface area contributed by atoms with E-state index in [9.17, 15) is 4.79 Å². The van der Waals surface area contributed by atoms with Crippen molar-refractivity contribution in [2.45, 2.75) is 24.8 Å². The molecule has 17 heavy (non-hydrogen) atoms. The van der Waals surface area contributed by atoms with Gasteiger partial charge in [-0.1, -0.05) is 5.16 Å². The average Bonchev–Trinajstić information content (AvgIpc) is 3.07. The van der Waals surface area contributed by atoms with E-state index in [0.717, 1.165) is 12.8 Å². The Balaban J connectivity index is 1.81. The molecule has 1 fully saturated rings. The Morgan fingerprint density at radius 2 is 2.53 bits per heavy atom. The van der Waals surface area contributed by atoms with Crippen LogP contribution < -0.4 is 5.32 Å². The van der Waals surface area contributed by atoms with Crippen LogP contribution in [-0.4, -0.2) is 30.1 Å². The number of nitrogens with zero attached hydrogens (tertiary/aromatic N) is 1. The minimum absolute atomic E-state index is 0.0179. The first kappa shape index (κ1) is 12.4. The number of aromatic nitrogens is 1. The van der Waals surface area contributed by atoms with Crippen LogP contribution in [-0.2, 0) is 11.3 Å². The number of hydrogen-bond donors (Lipinski definition) is 1. The topological polar surface area (TPSA) is 64.4 Å². The number of nitrogens with one attached hydrogen (secondary N) is 1. The molecule has 1 heterocycles. The summed E-state index contributed by atoms with van der Waals surface area (Å²) < 4.78 is 9.80. The van der Waals surface area contributed by atoms with Crippen LogP contribution in [0.4, 0.5) is 0 Å². The molecule has 1 saturated carbocycles. The summed E-state index contributed by atoms with van der Waals surface area (Å²) in [6.45, 7) is 0.776. The lowest BCUT2D eigenvalue weighted by Gasteiger charge is -2.07. The Hall–Kier alpha value is -1.07. The summed E-state index contributed by atoms with van der Waals surface area (Å²) >= 11 is 6.09. The maximum Gasteiger partial charge on any atom is 0.273 e. The fraction of sp³-hybridized carbons (Fsp3) is 0.636. The molecule has 1 amide bonds. The number of alkyl halides is 1. The fourth-order valence-corrected chi connectivity index (χ4v) is 1.86. The van der Waals surface area contributed by atoms with E-state index in [0.29, 0.717) is 24.8 Å². The molecule has 2 rings (SSSR count). The Labute approximate surface area is 104 Å². The van der Waals surface area contributed by atoms with E-state index >= 15 is 0 Å². The summed E-state index contributed by atoms with van der Waals surface area (Å²) in [7, 11) is 1.55. The summed E-state index contributed by atoms with van der Waals surface area (Å²) in [5, 5.41) is 6.42. The summed E-state index contributed by atoms with van der Waals surface area (Å²) in [4.78, 5) is 11.7. The molecule has 6 heteroatoms. The lowest BCUT2D eigenvalue weighted by Crippen LogP contribution is -2.30. The molecule has 0 saturated heterocycles. The summed E-state index contributed by atoms with van der Waals surface area (Å²) in [6, 6.07) is 1.57. The molecule has 0 aliphatic heterocycles. The first-order valence-corrected chi connectivity index (χ1v) is 6.01. The molecule has 94 valence electrons. The minimum atomic E-state index is -0.262. The second kappa shape index (κ2) is 5.51. The van der Waals surface area contributed by atoms with Gasteiger partial charge in [0.1, 0.15) is 6.61 Å². The van der Waals surface area contributed by atoms with Gasteiger partial charge < -0.3 is 14.6 Å². The molecule has 0 radical (unpaired) electrons. The van der Waals surface area contributed by atoms with Crippen molar-refractivity contribution < 1.29 is 14.1 Å². The zero-order valence-corrected chi connectivity index (χ0v) is 10.4. The van der Waals surface area contributed by atoms with Gasteiger partial charge in [-0.3, -0.25) is 4.79 Å². The largest absolute Gasteiger partial charge is 0.377 e. The van der Waals surface area contributed by atoms with Crippen LogP contribution in [0.3, 0.4) is 0 Å². The van der Waals surface area contributed by atoms with Crippen molar-refractivity contribution in [2.24, 2.45) is 5.92 Å². The zero-order valence-electron chi connectivity index (χ0n) is 9.61. The molecule has 0 spiro atoms.